The molecule has 0 radical (unpaired) electrons. The van der Waals surface area contributed by atoms with Gasteiger partial charge in [0.1, 0.15) is 12.1 Å². The molecule has 0 atom stereocenters. The van der Waals surface area contributed by atoms with Gasteiger partial charge in [0.2, 0.25) is 5.95 Å². The van der Waals surface area contributed by atoms with Gasteiger partial charge in [-0.05, 0) is 60.5 Å². The maximum atomic E-state index is 9.00. The van der Waals surface area contributed by atoms with Crippen molar-refractivity contribution in [1.29, 1.82) is 5.26 Å². The zero-order chi connectivity index (χ0) is 21.4. The van der Waals surface area contributed by atoms with E-state index in [0.717, 1.165) is 44.2 Å². The van der Waals surface area contributed by atoms with Crippen LogP contribution in [0.4, 0.5) is 17.5 Å². The number of fused-ring (bicyclic) bond motifs is 2. The highest BCUT2D eigenvalue weighted by atomic mass is 15.0. The fourth-order valence-electron chi connectivity index (χ4n) is 3.66. The van der Waals surface area contributed by atoms with Crippen LogP contribution in [-0.4, -0.2) is 19.9 Å². The van der Waals surface area contributed by atoms with Crippen molar-refractivity contribution >= 4 is 39.3 Å². The smallest absolute Gasteiger partial charge is 0.220 e. The zero-order valence-electron chi connectivity index (χ0n) is 16.7. The summed E-state index contributed by atoms with van der Waals surface area (Å²) in [5, 5.41) is 14.2. The van der Waals surface area contributed by atoms with Crippen LogP contribution in [0.1, 0.15) is 11.1 Å². The standard InChI is InChI=1S/C24H17N7/c1-14-2-8-19-22(21(14)16-5-9-20-17(10-16)12-27-24(26)31-20)28-13-29-23(19)30-18-6-3-15(11-25)4-7-18/h2-10,12-13H,1H3,(H2,26,27,31)(H,28,29,30). The third kappa shape index (κ3) is 3.36. The Morgan fingerprint density at radius 3 is 2.61 bits per heavy atom. The molecule has 0 aliphatic heterocycles. The van der Waals surface area contributed by atoms with Crippen LogP contribution in [0, 0.1) is 18.3 Å². The molecule has 0 fully saturated rings. The molecule has 0 aliphatic carbocycles. The summed E-state index contributed by atoms with van der Waals surface area (Å²) >= 11 is 0. The third-order valence-electron chi connectivity index (χ3n) is 5.18. The van der Waals surface area contributed by atoms with E-state index < -0.39 is 0 Å². The first-order chi connectivity index (χ1) is 15.1. The fraction of sp³-hybridized carbons (Fsp3) is 0.0417. The van der Waals surface area contributed by atoms with E-state index in [0.29, 0.717) is 11.4 Å². The summed E-state index contributed by atoms with van der Waals surface area (Å²) in [6.07, 6.45) is 3.29. The summed E-state index contributed by atoms with van der Waals surface area (Å²) in [6.45, 7) is 2.06. The highest BCUT2D eigenvalue weighted by Crippen LogP contribution is 2.35. The number of rotatable bonds is 3. The minimum atomic E-state index is 0.257. The molecule has 2 aromatic heterocycles. The molecular weight excluding hydrogens is 386 g/mol. The van der Waals surface area contributed by atoms with Crippen molar-refractivity contribution in [2.24, 2.45) is 0 Å². The lowest BCUT2D eigenvalue weighted by molar-refractivity contribution is 1.21. The highest BCUT2D eigenvalue weighted by molar-refractivity contribution is 6.02. The Labute approximate surface area is 178 Å². The predicted octanol–water partition coefficient (Wildman–Crippen LogP) is 4.75. The number of nitrogens with zero attached hydrogens (tertiary/aromatic N) is 5. The second-order valence-corrected chi connectivity index (χ2v) is 7.19. The van der Waals surface area contributed by atoms with Gasteiger partial charge in [-0.1, -0.05) is 12.1 Å². The van der Waals surface area contributed by atoms with Gasteiger partial charge < -0.3 is 11.1 Å². The van der Waals surface area contributed by atoms with Crippen molar-refractivity contribution < 1.29 is 0 Å². The van der Waals surface area contributed by atoms with Gasteiger partial charge in [0, 0.05) is 28.2 Å². The van der Waals surface area contributed by atoms with Crippen LogP contribution in [0.15, 0.2) is 67.1 Å². The monoisotopic (exact) mass is 403 g/mol. The summed E-state index contributed by atoms with van der Waals surface area (Å²) in [5.74, 6) is 0.959. The van der Waals surface area contributed by atoms with Gasteiger partial charge in [0.05, 0.1) is 22.7 Å². The van der Waals surface area contributed by atoms with Crippen LogP contribution in [0.5, 0.6) is 0 Å². The molecular formula is C24H17N7. The molecule has 0 spiro atoms. The van der Waals surface area contributed by atoms with Crippen molar-refractivity contribution in [2.75, 3.05) is 11.1 Å². The lowest BCUT2D eigenvalue weighted by Crippen LogP contribution is -1.98. The van der Waals surface area contributed by atoms with Gasteiger partial charge in [-0.2, -0.15) is 5.26 Å². The van der Waals surface area contributed by atoms with Crippen LogP contribution >= 0.6 is 0 Å². The van der Waals surface area contributed by atoms with Gasteiger partial charge in [-0.25, -0.2) is 19.9 Å². The molecule has 0 amide bonds. The van der Waals surface area contributed by atoms with Crippen molar-refractivity contribution in [3.05, 3.63) is 78.2 Å². The van der Waals surface area contributed by atoms with E-state index in [1.165, 1.54) is 0 Å². The summed E-state index contributed by atoms with van der Waals surface area (Å²) in [4.78, 5) is 17.4. The predicted molar refractivity (Wildman–Crippen MR) is 122 cm³/mol. The minimum Gasteiger partial charge on any atom is -0.368 e. The van der Waals surface area contributed by atoms with E-state index in [1.54, 1.807) is 24.7 Å². The van der Waals surface area contributed by atoms with Crippen LogP contribution in [0.2, 0.25) is 0 Å². The fourth-order valence-corrected chi connectivity index (χ4v) is 3.66. The maximum absolute atomic E-state index is 9.00. The summed E-state index contributed by atoms with van der Waals surface area (Å²) in [5.41, 5.74) is 12.0. The third-order valence-corrected chi connectivity index (χ3v) is 5.18. The topological polar surface area (TPSA) is 113 Å². The Bertz CT molecular complexity index is 1480. The molecule has 3 N–H and O–H groups in total. The van der Waals surface area contributed by atoms with Crippen molar-refractivity contribution in [1.82, 2.24) is 19.9 Å². The van der Waals surface area contributed by atoms with Crippen molar-refractivity contribution in [3.63, 3.8) is 0 Å². The van der Waals surface area contributed by atoms with Crippen molar-refractivity contribution in [2.45, 2.75) is 6.92 Å². The van der Waals surface area contributed by atoms with Gasteiger partial charge in [0.25, 0.3) is 0 Å². The molecule has 31 heavy (non-hydrogen) atoms. The number of aryl methyl sites for hydroxylation is 1. The van der Waals surface area contributed by atoms with E-state index in [4.69, 9.17) is 11.0 Å². The average Bonchev–Trinajstić information content (AvgIpc) is 2.79. The Morgan fingerprint density at radius 1 is 0.968 bits per heavy atom. The molecule has 0 saturated carbocycles. The number of hydrogen-bond acceptors (Lipinski definition) is 7. The largest absolute Gasteiger partial charge is 0.368 e. The van der Waals surface area contributed by atoms with Gasteiger partial charge in [-0.3, -0.25) is 0 Å². The Hall–Kier alpha value is -4.57. The lowest BCUT2D eigenvalue weighted by atomic mass is 9.96. The molecule has 3 aromatic carbocycles. The molecule has 5 aromatic rings. The molecule has 0 unspecified atom stereocenters. The summed E-state index contributed by atoms with van der Waals surface area (Å²) in [7, 11) is 0. The Morgan fingerprint density at radius 2 is 1.81 bits per heavy atom. The number of hydrogen-bond donors (Lipinski definition) is 2. The number of nitrogens with one attached hydrogen (secondary N) is 1. The van der Waals surface area contributed by atoms with E-state index >= 15 is 0 Å². The molecule has 148 valence electrons. The first kappa shape index (κ1) is 18.5. The molecule has 5 rings (SSSR count). The quantitative estimate of drug-likeness (QED) is 0.447. The second-order valence-electron chi connectivity index (χ2n) is 7.19. The Balaban J connectivity index is 1.64. The SMILES string of the molecule is Cc1ccc2c(Nc3ccc(C#N)cc3)ncnc2c1-c1ccc2nc(N)ncc2c1. The summed E-state index contributed by atoms with van der Waals surface area (Å²) < 4.78 is 0. The second kappa shape index (κ2) is 7.35. The van der Waals surface area contributed by atoms with Crippen molar-refractivity contribution in [3.8, 4) is 17.2 Å². The molecule has 7 heteroatoms. The number of benzene rings is 3. The van der Waals surface area contributed by atoms with Crippen LogP contribution in [0.25, 0.3) is 32.9 Å². The maximum Gasteiger partial charge on any atom is 0.220 e. The molecule has 0 aliphatic rings. The van der Waals surface area contributed by atoms with E-state index in [1.807, 2.05) is 36.4 Å². The van der Waals surface area contributed by atoms with Gasteiger partial charge in [0.15, 0.2) is 0 Å². The Kier molecular flexibility index (Phi) is 4.38. The molecule has 0 bridgehead atoms. The van der Waals surface area contributed by atoms with Crippen LogP contribution < -0.4 is 11.1 Å². The van der Waals surface area contributed by atoms with E-state index in [2.05, 4.69) is 44.3 Å². The van der Waals surface area contributed by atoms with Gasteiger partial charge >= 0.3 is 0 Å². The van der Waals surface area contributed by atoms with Crippen LogP contribution in [-0.2, 0) is 0 Å². The van der Waals surface area contributed by atoms with Crippen LogP contribution in [0.3, 0.4) is 0 Å². The number of nitrogens with two attached hydrogens (primary N) is 1. The minimum absolute atomic E-state index is 0.257. The molecule has 0 saturated heterocycles. The number of aromatic nitrogens is 4. The number of nitrogen functional groups attached to an aromatic ring is 1. The van der Waals surface area contributed by atoms with Gasteiger partial charge in [-0.15, -0.1) is 0 Å². The zero-order valence-corrected chi connectivity index (χ0v) is 16.7. The molecule has 7 nitrogen and oxygen atoms in total. The van der Waals surface area contributed by atoms with E-state index in [9.17, 15) is 0 Å². The number of anilines is 3. The summed E-state index contributed by atoms with van der Waals surface area (Å²) in [6, 6.07) is 19.5. The molecule has 2 heterocycles. The first-order valence-electron chi connectivity index (χ1n) is 9.66. The number of nitriles is 1. The lowest BCUT2D eigenvalue weighted by Gasteiger charge is -2.14. The highest BCUT2D eigenvalue weighted by Gasteiger charge is 2.13. The first-order valence-corrected chi connectivity index (χ1v) is 9.66. The van der Waals surface area contributed by atoms with E-state index in [-0.39, 0.29) is 5.95 Å². The normalized spacial score (nSPS) is 10.8. The average molecular weight is 403 g/mol.